The number of hydrogen-bond donors (Lipinski definition) is 1. The second kappa shape index (κ2) is 6.11. The van der Waals surface area contributed by atoms with E-state index in [-0.39, 0.29) is 18.1 Å². The zero-order valence-electron chi connectivity index (χ0n) is 13.3. The number of pyridine rings is 1. The summed E-state index contributed by atoms with van der Waals surface area (Å²) in [5, 5.41) is 13.6. The maximum atomic E-state index is 12.3. The molecule has 1 N–H and O–H groups in total. The summed E-state index contributed by atoms with van der Waals surface area (Å²) < 4.78 is 1.96. The molecule has 7 heteroatoms. The average molecular weight is 324 g/mol. The van der Waals surface area contributed by atoms with Gasteiger partial charge in [-0.05, 0) is 37.6 Å². The van der Waals surface area contributed by atoms with E-state index >= 15 is 0 Å². The maximum absolute atomic E-state index is 12.3. The fraction of sp³-hybridized carbons (Fsp3) is 0.176. The number of aryl methyl sites for hydroxylation is 2. The number of benzene rings is 1. The van der Waals surface area contributed by atoms with Crippen molar-refractivity contribution in [2.75, 3.05) is 0 Å². The van der Waals surface area contributed by atoms with Gasteiger partial charge in [-0.15, -0.1) is 0 Å². The van der Waals surface area contributed by atoms with Gasteiger partial charge in [0.25, 0.3) is 11.6 Å². The molecule has 0 spiro atoms. The van der Waals surface area contributed by atoms with Crippen molar-refractivity contribution in [1.29, 1.82) is 0 Å². The third kappa shape index (κ3) is 2.96. The zero-order valence-corrected chi connectivity index (χ0v) is 13.3. The molecule has 0 saturated carbocycles. The molecular weight excluding hydrogens is 308 g/mol. The minimum Gasteiger partial charge on any atom is -0.346 e. The lowest BCUT2D eigenvalue weighted by atomic mass is 10.1. The maximum Gasteiger partial charge on any atom is 0.269 e. The Morgan fingerprint density at radius 3 is 2.75 bits per heavy atom. The molecule has 0 saturated heterocycles. The van der Waals surface area contributed by atoms with Crippen LogP contribution in [0.1, 0.15) is 27.3 Å². The van der Waals surface area contributed by atoms with E-state index in [0.717, 1.165) is 17.0 Å². The van der Waals surface area contributed by atoms with Crippen LogP contribution in [0.15, 0.2) is 42.6 Å². The lowest BCUT2D eigenvalue weighted by molar-refractivity contribution is -0.384. The van der Waals surface area contributed by atoms with Gasteiger partial charge < -0.3 is 9.72 Å². The van der Waals surface area contributed by atoms with E-state index in [0.29, 0.717) is 11.1 Å². The van der Waals surface area contributed by atoms with Gasteiger partial charge in [-0.2, -0.15) is 0 Å². The van der Waals surface area contributed by atoms with Gasteiger partial charge in [-0.3, -0.25) is 14.9 Å². The van der Waals surface area contributed by atoms with Crippen LogP contribution in [0.5, 0.6) is 0 Å². The van der Waals surface area contributed by atoms with Crippen LogP contribution in [0.4, 0.5) is 5.69 Å². The van der Waals surface area contributed by atoms with Gasteiger partial charge in [-0.25, -0.2) is 4.98 Å². The number of nitro groups is 1. The van der Waals surface area contributed by atoms with Crippen molar-refractivity contribution < 1.29 is 9.72 Å². The van der Waals surface area contributed by atoms with Crippen molar-refractivity contribution in [3.63, 3.8) is 0 Å². The van der Waals surface area contributed by atoms with Gasteiger partial charge in [0.1, 0.15) is 5.65 Å². The Bertz CT molecular complexity index is 946. The number of nitrogens with one attached hydrogen (secondary N) is 1. The lowest BCUT2D eigenvalue weighted by Gasteiger charge is -2.06. The Hall–Kier alpha value is -3.22. The third-order valence-electron chi connectivity index (χ3n) is 3.84. The smallest absolute Gasteiger partial charge is 0.269 e. The number of carbonyl (C=O) groups excluding carboxylic acids is 1. The number of nitrogens with zero attached hydrogens (tertiary/aromatic N) is 3. The molecule has 0 atom stereocenters. The molecule has 0 aliphatic carbocycles. The summed E-state index contributed by atoms with van der Waals surface area (Å²) in [6.07, 6.45) is 1.88. The van der Waals surface area contributed by atoms with E-state index < -0.39 is 4.92 Å². The second-order valence-corrected chi connectivity index (χ2v) is 5.57. The highest BCUT2D eigenvalue weighted by molar-refractivity contribution is 5.95. The predicted molar refractivity (Wildman–Crippen MR) is 88.9 cm³/mol. The van der Waals surface area contributed by atoms with Gasteiger partial charge in [-0.1, -0.05) is 6.07 Å². The number of carbonyl (C=O) groups is 1. The molecule has 2 heterocycles. The molecule has 0 bridgehead atoms. The number of aromatic nitrogens is 2. The van der Waals surface area contributed by atoms with Crippen LogP contribution in [0.2, 0.25) is 0 Å². The van der Waals surface area contributed by atoms with Crippen LogP contribution in [-0.2, 0) is 6.54 Å². The minimum absolute atomic E-state index is 0.0279. The number of rotatable bonds is 4. The highest BCUT2D eigenvalue weighted by atomic mass is 16.6. The molecule has 0 fully saturated rings. The fourth-order valence-corrected chi connectivity index (χ4v) is 2.57. The van der Waals surface area contributed by atoms with Crippen molar-refractivity contribution in [2.45, 2.75) is 20.4 Å². The number of fused-ring (bicyclic) bond motifs is 1. The molecule has 7 nitrogen and oxygen atoms in total. The van der Waals surface area contributed by atoms with E-state index in [1.807, 2.05) is 35.7 Å². The van der Waals surface area contributed by atoms with Crippen LogP contribution in [0.3, 0.4) is 0 Å². The van der Waals surface area contributed by atoms with Crippen molar-refractivity contribution in [3.05, 3.63) is 75.2 Å². The SMILES string of the molecule is Cc1cc([N+](=O)[O-])ccc1C(=O)NCc1cn2c(C)cccc2n1. The highest BCUT2D eigenvalue weighted by Crippen LogP contribution is 2.17. The Labute approximate surface area is 138 Å². The zero-order chi connectivity index (χ0) is 17.3. The first-order valence-corrected chi connectivity index (χ1v) is 7.42. The topological polar surface area (TPSA) is 89.5 Å². The Morgan fingerprint density at radius 1 is 1.29 bits per heavy atom. The third-order valence-corrected chi connectivity index (χ3v) is 3.84. The summed E-state index contributed by atoms with van der Waals surface area (Å²) in [5.74, 6) is -0.281. The molecular formula is C17H16N4O3. The summed E-state index contributed by atoms with van der Waals surface area (Å²) in [7, 11) is 0. The van der Waals surface area contributed by atoms with Crippen molar-refractivity contribution in [1.82, 2.24) is 14.7 Å². The fourth-order valence-electron chi connectivity index (χ4n) is 2.57. The van der Waals surface area contributed by atoms with Crippen LogP contribution in [0.25, 0.3) is 5.65 Å². The first kappa shape index (κ1) is 15.7. The molecule has 3 rings (SSSR count). The number of hydrogen-bond acceptors (Lipinski definition) is 4. The van der Waals surface area contributed by atoms with Crippen LogP contribution >= 0.6 is 0 Å². The Kier molecular flexibility index (Phi) is 3.99. The van der Waals surface area contributed by atoms with Gasteiger partial charge >= 0.3 is 0 Å². The molecule has 0 aliphatic heterocycles. The number of nitro benzene ring substituents is 1. The quantitative estimate of drug-likeness (QED) is 0.590. The molecule has 0 unspecified atom stereocenters. The van der Waals surface area contributed by atoms with Crippen LogP contribution in [-0.4, -0.2) is 20.2 Å². The van der Waals surface area contributed by atoms with Gasteiger partial charge in [0.05, 0.1) is 17.2 Å². The van der Waals surface area contributed by atoms with Crippen molar-refractivity contribution in [2.24, 2.45) is 0 Å². The first-order valence-electron chi connectivity index (χ1n) is 7.42. The predicted octanol–water partition coefficient (Wildman–Crippen LogP) is 2.79. The van der Waals surface area contributed by atoms with E-state index in [1.54, 1.807) is 6.92 Å². The summed E-state index contributed by atoms with van der Waals surface area (Å²) in [5.41, 5.74) is 3.58. The average Bonchev–Trinajstić information content (AvgIpc) is 2.97. The van der Waals surface area contributed by atoms with E-state index in [1.165, 1.54) is 18.2 Å². The molecule has 2 aromatic heterocycles. The molecule has 0 aliphatic rings. The molecule has 1 amide bonds. The first-order chi connectivity index (χ1) is 11.5. The Morgan fingerprint density at radius 2 is 2.08 bits per heavy atom. The summed E-state index contributed by atoms with van der Waals surface area (Å²) in [4.78, 5) is 27.0. The molecule has 24 heavy (non-hydrogen) atoms. The number of imidazole rings is 1. The van der Waals surface area contributed by atoms with E-state index in [2.05, 4.69) is 10.3 Å². The standard InChI is InChI=1S/C17H16N4O3/c1-11-8-14(21(23)24)6-7-15(11)17(22)18-9-13-10-20-12(2)4-3-5-16(20)19-13/h3-8,10H,9H2,1-2H3,(H,18,22). The van der Waals surface area contributed by atoms with Crippen LogP contribution < -0.4 is 5.32 Å². The largest absolute Gasteiger partial charge is 0.346 e. The van der Waals surface area contributed by atoms with Gasteiger partial charge in [0.2, 0.25) is 0 Å². The van der Waals surface area contributed by atoms with Gasteiger partial charge in [0, 0.05) is 29.6 Å². The summed E-state index contributed by atoms with van der Waals surface area (Å²) in [6.45, 7) is 3.95. The number of amides is 1. The van der Waals surface area contributed by atoms with E-state index in [4.69, 9.17) is 0 Å². The monoisotopic (exact) mass is 324 g/mol. The molecule has 122 valence electrons. The summed E-state index contributed by atoms with van der Waals surface area (Å²) >= 11 is 0. The van der Waals surface area contributed by atoms with E-state index in [9.17, 15) is 14.9 Å². The van der Waals surface area contributed by atoms with Crippen molar-refractivity contribution in [3.8, 4) is 0 Å². The molecule has 0 radical (unpaired) electrons. The van der Waals surface area contributed by atoms with Crippen LogP contribution in [0, 0.1) is 24.0 Å². The minimum atomic E-state index is -0.478. The normalized spacial score (nSPS) is 10.8. The number of non-ortho nitro benzene ring substituents is 1. The lowest BCUT2D eigenvalue weighted by Crippen LogP contribution is -2.23. The highest BCUT2D eigenvalue weighted by Gasteiger charge is 2.14. The summed E-state index contributed by atoms with van der Waals surface area (Å²) in [6, 6.07) is 10.0. The van der Waals surface area contributed by atoms with Gasteiger partial charge in [0.15, 0.2) is 0 Å². The van der Waals surface area contributed by atoms with Crippen molar-refractivity contribution >= 4 is 17.2 Å². The molecule has 3 aromatic rings. The second-order valence-electron chi connectivity index (χ2n) is 5.57. The Balaban J connectivity index is 1.75. The molecule has 1 aromatic carbocycles.